The number of nitrogens with zero attached hydrogens (tertiary/aromatic N) is 3. The maximum absolute atomic E-state index is 13.3. The van der Waals surface area contributed by atoms with E-state index in [1.165, 1.54) is 0 Å². The summed E-state index contributed by atoms with van der Waals surface area (Å²) in [5, 5.41) is 2.97. The zero-order chi connectivity index (χ0) is 24.4. The highest BCUT2D eigenvalue weighted by Gasteiger charge is 2.30. The SMILES string of the molecule is CCOC(=O)c1c(NC(=O)c2ccccc2)n([C@H](C)c2ccccc2)c2nc3ccccc3nc12. The van der Waals surface area contributed by atoms with Gasteiger partial charge in [0.2, 0.25) is 0 Å². The fourth-order valence-corrected chi connectivity index (χ4v) is 4.21. The van der Waals surface area contributed by atoms with Gasteiger partial charge in [-0.1, -0.05) is 60.7 Å². The van der Waals surface area contributed by atoms with Gasteiger partial charge in [0.05, 0.1) is 23.7 Å². The summed E-state index contributed by atoms with van der Waals surface area (Å²) in [6.07, 6.45) is 0. The van der Waals surface area contributed by atoms with Gasteiger partial charge in [-0.3, -0.25) is 4.79 Å². The van der Waals surface area contributed by atoms with Crippen LogP contribution in [0.4, 0.5) is 5.82 Å². The first-order chi connectivity index (χ1) is 17.1. The van der Waals surface area contributed by atoms with E-state index in [-0.39, 0.29) is 24.1 Å². The van der Waals surface area contributed by atoms with Crippen LogP contribution >= 0.6 is 0 Å². The first-order valence-corrected chi connectivity index (χ1v) is 11.5. The van der Waals surface area contributed by atoms with E-state index in [1.807, 2.05) is 72.2 Å². The summed E-state index contributed by atoms with van der Waals surface area (Å²) in [6.45, 7) is 3.93. The van der Waals surface area contributed by atoms with Crippen molar-refractivity contribution in [2.45, 2.75) is 19.9 Å². The lowest BCUT2D eigenvalue weighted by molar-refractivity contribution is 0.0529. The van der Waals surface area contributed by atoms with Crippen LogP contribution in [0.25, 0.3) is 22.2 Å². The topological polar surface area (TPSA) is 86.1 Å². The van der Waals surface area contributed by atoms with Crippen molar-refractivity contribution >= 4 is 39.9 Å². The number of carbonyl (C=O) groups is 2. The Labute approximate surface area is 202 Å². The van der Waals surface area contributed by atoms with Gasteiger partial charge in [0.1, 0.15) is 16.9 Å². The van der Waals surface area contributed by atoms with E-state index in [0.29, 0.717) is 33.6 Å². The van der Waals surface area contributed by atoms with Crippen molar-refractivity contribution in [3.05, 3.63) is 102 Å². The zero-order valence-electron chi connectivity index (χ0n) is 19.4. The summed E-state index contributed by atoms with van der Waals surface area (Å²) < 4.78 is 7.26. The molecule has 3 aromatic carbocycles. The summed E-state index contributed by atoms with van der Waals surface area (Å²) in [7, 11) is 0. The van der Waals surface area contributed by atoms with Gasteiger partial charge in [0.15, 0.2) is 5.65 Å². The number of hydrogen-bond acceptors (Lipinski definition) is 5. The van der Waals surface area contributed by atoms with Gasteiger partial charge in [-0.2, -0.15) is 0 Å². The molecule has 1 N–H and O–H groups in total. The van der Waals surface area contributed by atoms with Gasteiger partial charge in [-0.25, -0.2) is 14.8 Å². The van der Waals surface area contributed by atoms with Gasteiger partial charge in [-0.15, -0.1) is 0 Å². The highest BCUT2D eigenvalue weighted by molar-refractivity contribution is 6.13. The maximum Gasteiger partial charge on any atom is 0.344 e. The average Bonchev–Trinajstić information content (AvgIpc) is 3.20. The molecule has 174 valence electrons. The third-order valence-electron chi connectivity index (χ3n) is 5.91. The second-order valence-corrected chi connectivity index (χ2v) is 8.11. The number of carbonyl (C=O) groups excluding carboxylic acids is 2. The zero-order valence-corrected chi connectivity index (χ0v) is 19.4. The van der Waals surface area contributed by atoms with E-state index in [2.05, 4.69) is 5.32 Å². The molecule has 0 aliphatic heterocycles. The molecule has 7 heteroatoms. The Hall–Kier alpha value is -4.52. The standard InChI is InChI=1S/C28H24N4O3/c1-3-35-28(34)23-24-26(30-22-17-11-10-16-21(22)29-24)32(18(2)19-12-6-4-7-13-19)25(23)31-27(33)20-14-8-5-9-15-20/h4-18H,3H2,1-2H3,(H,31,33)/t18-/m1/s1. The van der Waals surface area contributed by atoms with Gasteiger partial charge >= 0.3 is 5.97 Å². The third-order valence-corrected chi connectivity index (χ3v) is 5.91. The summed E-state index contributed by atoms with van der Waals surface area (Å²) in [5.74, 6) is -0.603. The van der Waals surface area contributed by atoms with Gasteiger partial charge in [0.25, 0.3) is 5.91 Å². The van der Waals surface area contributed by atoms with E-state index in [1.54, 1.807) is 31.2 Å². The lowest BCUT2D eigenvalue weighted by Crippen LogP contribution is -2.20. The molecule has 0 spiro atoms. The van der Waals surface area contributed by atoms with Gasteiger partial charge < -0.3 is 14.6 Å². The van der Waals surface area contributed by atoms with Crippen molar-refractivity contribution in [1.82, 2.24) is 14.5 Å². The third kappa shape index (κ3) is 4.12. The molecule has 5 aromatic rings. The van der Waals surface area contributed by atoms with Crippen LogP contribution in [0.1, 0.15) is 46.2 Å². The molecular weight excluding hydrogens is 440 g/mol. The molecular formula is C28H24N4O3. The Balaban J connectivity index is 1.81. The predicted molar refractivity (Wildman–Crippen MR) is 136 cm³/mol. The minimum atomic E-state index is -0.565. The molecule has 0 aliphatic rings. The Kier molecular flexibility index (Phi) is 5.97. The molecule has 1 atom stereocenters. The van der Waals surface area contributed by atoms with Crippen LogP contribution in [-0.4, -0.2) is 33.0 Å². The van der Waals surface area contributed by atoms with Crippen molar-refractivity contribution in [3.8, 4) is 0 Å². The predicted octanol–water partition coefficient (Wildman–Crippen LogP) is 5.62. The molecule has 0 aliphatic carbocycles. The van der Waals surface area contributed by atoms with E-state index in [4.69, 9.17) is 14.7 Å². The van der Waals surface area contributed by atoms with Crippen LogP contribution in [0, 0.1) is 0 Å². The van der Waals surface area contributed by atoms with Crippen LogP contribution in [-0.2, 0) is 4.74 Å². The highest BCUT2D eigenvalue weighted by atomic mass is 16.5. The fraction of sp³-hybridized carbons (Fsp3) is 0.143. The highest BCUT2D eigenvalue weighted by Crippen LogP contribution is 2.36. The minimum Gasteiger partial charge on any atom is -0.462 e. The molecule has 0 saturated carbocycles. The molecule has 5 rings (SSSR count). The average molecular weight is 465 g/mol. The minimum absolute atomic E-state index is 0.187. The lowest BCUT2D eigenvalue weighted by Gasteiger charge is -2.19. The molecule has 0 radical (unpaired) electrons. The molecule has 0 fully saturated rings. The quantitative estimate of drug-likeness (QED) is 0.330. The number of nitrogens with one attached hydrogen (secondary N) is 1. The first-order valence-electron chi connectivity index (χ1n) is 11.5. The van der Waals surface area contributed by atoms with Crippen LogP contribution in [0.15, 0.2) is 84.9 Å². The normalized spacial score (nSPS) is 11.9. The Morgan fingerprint density at radius 2 is 1.49 bits per heavy atom. The van der Waals surface area contributed by atoms with Crippen molar-refractivity contribution in [1.29, 1.82) is 0 Å². The monoisotopic (exact) mass is 464 g/mol. The molecule has 0 bridgehead atoms. The number of para-hydroxylation sites is 2. The Morgan fingerprint density at radius 1 is 0.886 bits per heavy atom. The van der Waals surface area contributed by atoms with E-state index in [9.17, 15) is 9.59 Å². The lowest BCUT2D eigenvalue weighted by atomic mass is 10.1. The first kappa shape index (κ1) is 22.3. The molecule has 1 amide bonds. The van der Waals surface area contributed by atoms with Crippen LogP contribution in [0.3, 0.4) is 0 Å². The number of rotatable bonds is 6. The Morgan fingerprint density at radius 3 is 2.14 bits per heavy atom. The summed E-state index contributed by atoms with van der Waals surface area (Å²) in [4.78, 5) is 36.2. The summed E-state index contributed by atoms with van der Waals surface area (Å²) >= 11 is 0. The number of amides is 1. The summed E-state index contributed by atoms with van der Waals surface area (Å²) in [6, 6.07) is 25.9. The molecule has 0 saturated heterocycles. The van der Waals surface area contributed by atoms with E-state index < -0.39 is 5.97 Å². The summed E-state index contributed by atoms with van der Waals surface area (Å²) in [5.41, 5.74) is 3.86. The second kappa shape index (κ2) is 9.38. The van der Waals surface area contributed by atoms with Crippen molar-refractivity contribution < 1.29 is 14.3 Å². The molecule has 0 unspecified atom stereocenters. The molecule has 2 aromatic heterocycles. The van der Waals surface area contributed by atoms with Crippen LogP contribution in [0.2, 0.25) is 0 Å². The van der Waals surface area contributed by atoms with Crippen LogP contribution < -0.4 is 5.32 Å². The van der Waals surface area contributed by atoms with Crippen LogP contribution in [0.5, 0.6) is 0 Å². The smallest absolute Gasteiger partial charge is 0.344 e. The second-order valence-electron chi connectivity index (χ2n) is 8.11. The van der Waals surface area contributed by atoms with E-state index >= 15 is 0 Å². The number of benzene rings is 3. The number of esters is 1. The van der Waals surface area contributed by atoms with Crippen molar-refractivity contribution in [2.24, 2.45) is 0 Å². The number of fused-ring (bicyclic) bond motifs is 2. The number of ether oxygens (including phenoxy) is 1. The largest absolute Gasteiger partial charge is 0.462 e. The number of aromatic nitrogens is 3. The molecule has 2 heterocycles. The number of anilines is 1. The fourth-order valence-electron chi connectivity index (χ4n) is 4.21. The van der Waals surface area contributed by atoms with Gasteiger partial charge in [0, 0.05) is 5.56 Å². The maximum atomic E-state index is 13.3. The van der Waals surface area contributed by atoms with Gasteiger partial charge in [-0.05, 0) is 43.7 Å². The van der Waals surface area contributed by atoms with Crippen molar-refractivity contribution in [3.63, 3.8) is 0 Å². The molecule has 7 nitrogen and oxygen atoms in total. The van der Waals surface area contributed by atoms with E-state index in [0.717, 1.165) is 5.56 Å². The number of hydrogen-bond donors (Lipinski definition) is 1. The molecule has 35 heavy (non-hydrogen) atoms. The van der Waals surface area contributed by atoms with Crippen molar-refractivity contribution in [2.75, 3.05) is 11.9 Å². The Bertz CT molecular complexity index is 1530.